The highest BCUT2D eigenvalue weighted by Crippen LogP contribution is 2.47. The molecule has 0 bridgehead atoms. The van der Waals surface area contributed by atoms with Gasteiger partial charge in [0.15, 0.2) is 11.4 Å². The van der Waals surface area contributed by atoms with Crippen LogP contribution in [0, 0.1) is 0 Å². The Bertz CT molecular complexity index is 729. The maximum absolute atomic E-state index is 12.4. The van der Waals surface area contributed by atoms with Crippen molar-refractivity contribution in [2.75, 3.05) is 20.7 Å². The topological polar surface area (TPSA) is 59.1 Å². The lowest BCUT2D eigenvalue weighted by molar-refractivity contribution is -0.129. The van der Waals surface area contributed by atoms with Gasteiger partial charge in [0, 0.05) is 25.6 Å². The summed E-state index contributed by atoms with van der Waals surface area (Å²) in [6.07, 6.45) is 18.1. The van der Waals surface area contributed by atoms with Gasteiger partial charge in [0.25, 0.3) is 0 Å². The summed E-state index contributed by atoms with van der Waals surface area (Å²) < 4.78 is 11.2. The van der Waals surface area contributed by atoms with E-state index in [1.54, 1.807) is 32.1 Å². The number of rotatable bonds is 15. The molecule has 0 aromatic rings. The smallest absolute Gasteiger partial charge is 0.222 e. The minimum Gasteiger partial charge on any atom is -0.381 e. The number of allylic oxidation sites excluding steroid dienone is 1. The van der Waals surface area contributed by atoms with Crippen LogP contribution in [0.1, 0.15) is 78.1 Å². The van der Waals surface area contributed by atoms with E-state index in [2.05, 4.69) is 19.1 Å². The van der Waals surface area contributed by atoms with Crippen molar-refractivity contribution in [2.24, 2.45) is 0 Å². The van der Waals surface area contributed by atoms with Crippen LogP contribution >= 0.6 is 11.6 Å². The third kappa shape index (κ3) is 7.86. The fraction of sp³-hybridized carbons (Fsp3) is 0.692. The third-order valence-electron chi connectivity index (χ3n) is 6.35. The van der Waals surface area contributed by atoms with Gasteiger partial charge in [-0.05, 0) is 44.3 Å². The second-order valence-electron chi connectivity index (χ2n) is 9.00. The average Bonchev–Trinajstić information content (AvgIpc) is 3.48. The molecule has 0 saturated carbocycles. The number of ether oxygens (including phenoxy) is 2. The van der Waals surface area contributed by atoms with Crippen LogP contribution in [0.4, 0.5) is 0 Å². The maximum Gasteiger partial charge on any atom is 0.222 e. The van der Waals surface area contributed by atoms with Gasteiger partial charge in [0.1, 0.15) is 6.10 Å². The van der Waals surface area contributed by atoms with E-state index >= 15 is 0 Å². The molecular formula is C26H40ClNO4. The molecular weight excluding hydrogens is 426 g/mol. The van der Waals surface area contributed by atoms with Gasteiger partial charge >= 0.3 is 0 Å². The fourth-order valence-corrected chi connectivity index (χ4v) is 4.51. The number of hydrogen-bond donors (Lipinski definition) is 0. The number of hydrogen-bond acceptors (Lipinski definition) is 4. The first-order chi connectivity index (χ1) is 15.3. The summed E-state index contributed by atoms with van der Waals surface area (Å²) in [6, 6.07) is 0. The summed E-state index contributed by atoms with van der Waals surface area (Å²) in [5.74, 6) is -0.00133. The second-order valence-corrected chi connectivity index (χ2v) is 9.48. The van der Waals surface area contributed by atoms with Gasteiger partial charge in [-0.25, -0.2) is 0 Å². The molecule has 1 heterocycles. The van der Waals surface area contributed by atoms with Crippen LogP contribution < -0.4 is 0 Å². The van der Waals surface area contributed by atoms with Crippen LogP contribution in [-0.4, -0.2) is 55.1 Å². The Morgan fingerprint density at radius 2 is 2.09 bits per heavy atom. The SMILES string of the molecule is CCCCCCCC(C/C=C/CCC(=O)N(C)C/C(Cl)=C/C12OC1CC=C(C)C2=O)OC. The summed E-state index contributed by atoms with van der Waals surface area (Å²) >= 11 is 6.37. The second kappa shape index (κ2) is 13.3. The average molecular weight is 466 g/mol. The Morgan fingerprint density at radius 1 is 1.34 bits per heavy atom. The first-order valence-corrected chi connectivity index (χ1v) is 12.4. The van der Waals surface area contributed by atoms with E-state index in [1.807, 2.05) is 6.08 Å². The van der Waals surface area contributed by atoms with Crippen LogP contribution in [0.3, 0.4) is 0 Å². The van der Waals surface area contributed by atoms with E-state index in [1.165, 1.54) is 32.1 Å². The molecule has 3 unspecified atom stereocenters. The Morgan fingerprint density at radius 3 is 2.81 bits per heavy atom. The Hall–Kier alpha value is -1.43. The van der Waals surface area contributed by atoms with Crippen LogP contribution in [-0.2, 0) is 19.1 Å². The lowest BCUT2D eigenvalue weighted by Crippen LogP contribution is -2.31. The van der Waals surface area contributed by atoms with Crippen molar-refractivity contribution in [1.82, 2.24) is 4.90 Å². The minimum absolute atomic E-state index is 0.0252. The molecule has 5 nitrogen and oxygen atoms in total. The lowest BCUT2D eigenvalue weighted by Gasteiger charge is -2.18. The monoisotopic (exact) mass is 465 g/mol. The van der Waals surface area contributed by atoms with Gasteiger partial charge in [-0.1, -0.05) is 68.9 Å². The predicted molar refractivity (Wildman–Crippen MR) is 130 cm³/mol. The molecule has 0 radical (unpaired) electrons. The molecule has 1 amide bonds. The highest BCUT2D eigenvalue weighted by Gasteiger charge is 2.62. The molecule has 0 N–H and O–H groups in total. The van der Waals surface area contributed by atoms with Crippen molar-refractivity contribution in [3.8, 4) is 0 Å². The molecule has 0 aromatic heterocycles. The Labute approximate surface area is 198 Å². The van der Waals surface area contributed by atoms with Crippen molar-refractivity contribution >= 4 is 23.3 Å². The molecule has 0 aromatic carbocycles. The van der Waals surface area contributed by atoms with E-state index in [0.29, 0.717) is 23.4 Å². The number of epoxide rings is 1. The zero-order valence-electron chi connectivity index (χ0n) is 20.2. The lowest BCUT2D eigenvalue weighted by atomic mass is 9.87. The molecule has 180 valence electrons. The highest BCUT2D eigenvalue weighted by molar-refractivity contribution is 6.30. The number of halogens is 1. The summed E-state index contributed by atoms with van der Waals surface area (Å²) in [5.41, 5.74) is -0.195. The molecule has 6 heteroatoms. The standard InChI is InChI=1S/C26H40ClNO4/c1-5-6-7-8-10-13-22(31-4)14-11-9-12-15-24(29)28(3)19-21(27)18-26-23(32-26)17-16-20(2)25(26)30/h9,11,16,18,22-23H,5-8,10,12-15,17,19H2,1-4H3/b11-9+,21-18-. The quantitative estimate of drug-likeness (QED) is 0.176. The molecule has 0 spiro atoms. The summed E-state index contributed by atoms with van der Waals surface area (Å²) in [4.78, 5) is 26.5. The van der Waals surface area contributed by atoms with Crippen LogP contribution in [0.5, 0.6) is 0 Å². The number of ketones is 1. The molecule has 2 rings (SSSR count). The first-order valence-electron chi connectivity index (χ1n) is 12.0. The number of amides is 1. The van der Waals surface area contributed by atoms with Gasteiger partial charge in [-0.2, -0.15) is 0 Å². The van der Waals surface area contributed by atoms with Crippen molar-refractivity contribution < 1.29 is 19.1 Å². The number of nitrogens with zero attached hydrogens (tertiary/aromatic N) is 1. The zero-order valence-corrected chi connectivity index (χ0v) is 21.0. The number of likely N-dealkylation sites (N-methyl/N-ethyl adjacent to an activating group) is 1. The van der Waals surface area contributed by atoms with Crippen LogP contribution in [0.25, 0.3) is 0 Å². The summed E-state index contributed by atoms with van der Waals surface area (Å²) in [7, 11) is 3.51. The zero-order chi connectivity index (χ0) is 23.6. The van der Waals surface area contributed by atoms with E-state index in [9.17, 15) is 9.59 Å². The molecule has 1 saturated heterocycles. The van der Waals surface area contributed by atoms with Gasteiger partial charge in [-0.15, -0.1) is 0 Å². The highest BCUT2D eigenvalue weighted by atomic mass is 35.5. The Balaban J connectivity index is 1.67. The molecule has 32 heavy (non-hydrogen) atoms. The van der Waals surface area contributed by atoms with Crippen LogP contribution in [0.2, 0.25) is 0 Å². The summed E-state index contributed by atoms with van der Waals surface area (Å²) in [6.45, 7) is 4.31. The van der Waals surface area contributed by atoms with Crippen molar-refractivity contribution in [3.63, 3.8) is 0 Å². The van der Waals surface area contributed by atoms with E-state index in [-0.39, 0.29) is 30.4 Å². The predicted octanol–water partition coefficient (Wildman–Crippen LogP) is 5.73. The van der Waals surface area contributed by atoms with E-state index < -0.39 is 5.60 Å². The minimum atomic E-state index is -0.906. The normalized spacial score (nSPS) is 23.8. The van der Waals surface area contributed by atoms with E-state index in [4.69, 9.17) is 21.1 Å². The number of Topliss-reactive ketones (excluding diaryl/α,β-unsaturated/α-hetero) is 1. The molecule has 2 aliphatic rings. The van der Waals surface area contributed by atoms with Crippen LogP contribution in [0.15, 0.2) is 34.9 Å². The van der Waals surface area contributed by atoms with E-state index in [0.717, 1.165) is 19.3 Å². The third-order valence-corrected chi connectivity index (χ3v) is 6.58. The van der Waals surface area contributed by atoms with Crippen molar-refractivity contribution in [2.45, 2.75) is 95.9 Å². The van der Waals surface area contributed by atoms with Gasteiger partial charge in [-0.3, -0.25) is 9.59 Å². The maximum atomic E-state index is 12.4. The molecule has 1 aliphatic carbocycles. The van der Waals surface area contributed by atoms with Gasteiger partial charge < -0.3 is 14.4 Å². The summed E-state index contributed by atoms with van der Waals surface area (Å²) in [5, 5.41) is 0.462. The van der Waals surface area contributed by atoms with Crippen molar-refractivity contribution in [3.05, 3.63) is 34.9 Å². The number of fused-ring (bicyclic) bond motifs is 1. The number of unbranched alkanes of at least 4 members (excludes halogenated alkanes) is 4. The largest absolute Gasteiger partial charge is 0.381 e. The van der Waals surface area contributed by atoms with Gasteiger partial charge in [0.2, 0.25) is 5.91 Å². The number of carbonyl (C=O) groups excluding carboxylic acids is 2. The molecule has 1 fully saturated rings. The van der Waals surface area contributed by atoms with Crippen molar-refractivity contribution in [1.29, 1.82) is 0 Å². The fourth-order valence-electron chi connectivity index (χ4n) is 4.17. The Kier molecular flexibility index (Phi) is 11.2. The molecule has 3 atom stereocenters. The number of carbonyl (C=O) groups is 2. The van der Waals surface area contributed by atoms with Gasteiger partial charge in [0.05, 0.1) is 12.6 Å². The molecule has 1 aliphatic heterocycles. The number of methoxy groups -OCH3 is 1. The first kappa shape index (κ1) is 26.8.